The highest BCUT2D eigenvalue weighted by molar-refractivity contribution is 7.89. The summed E-state index contributed by atoms with van der Waals surface area (Å²) < 4.78 is 25.3. The Morgan fingerprint density at radius 1 is 1.00 bits per heavy atom. The molecule has 7 heteroatoms. The van der Waals surface area contributed by atoms with Crippen LogP contribution in [0.4, 0.5) is 5.69 Å². The van der Waals surface area contributed by atoms with E-state index in [0.29, 0.717) is 12.2 Å². The highest BCUT2D eigenvalue weighted by Crippen LogP contribution is 2.17. The van der Waals surface area contributed by atoms with E-state index in [1.165, 1.54) is 26.2 Å². The number of rotatable bonds is 8. The second kappa shape index (κ2) is 9.12. The number of benzene rings is 2. The minimum Gasteiger partial charge on any atom is -0.325 e. The molecule has 0 atom stereocenters. The Morgan fingerprint density at radius 3 is 2.11 bits per heavy atom. The Kier molecular flexibility index (Phi) is 7.12. The summed E-state index contributed by atoms with van der Waals surface area (Å²) >= 11 is 0. The first-order valence-electron chi connectivity index (χ1n) is 8.80. The van der Waals surface area contributed by atoms with Crippen LogP contribution in [0.15, 0.2) is 59.5 Å². The van der Waals surface area contributed by atoms with Crippen LogP contribution in [0.5, 0.6) is 0 Å². The van der Waals surface area contributed by atoms with E-state index in [1.54, 1.807) is 12.1 Å². The van der Waals surface area contributed by atoms with Gasteiger partial charge in [-0.3, -0.25) is 9.69 Å². The van der Waals surface area contributed by atoms with E-state index in [0.717, 1.165) is 9.87 Å². The number of anilines is 1. The highest BCUT2D eigenvalue weighted by Gasteiger charge is 2.18. The third-order valence-electron chi connectivity index (χ3n) is 4.22. The summed E-state index contributed by atoms with van der Waals surface area (Å²) in [6.45, 7) is 5.05. The summed E-state index contributed by atoms with van der Waals surface area (Å²) in [7, 11) is -0.506. The lowest BCUT2D eigenvalue weighted by molar-refractivity contribution is -0.117. The van der Waals surface area contributed by atoms with Crippen molar-refractivity contribution in [1.82, 2.24) is 9.21 Å². The van der Waals surface area contributed by atoms with Crippen LogP contribution in [-0.4, -0.2) is 50.2 Å². The summed E-state index contributed by atoms with van der Waals surface area (Å²) in [5, 5.41) is 2.83. The molecule has 0 aromatic heterocycles. The predicted octanol–water partition coefficient (Wildman–Crippen LogP) is 2.79. The molecule has 0 heterocycles. The van der Waals surface area contributed by atoms with Gasteiger partial charge in [-0.15, -0.1) is 0 Å². The second-order valence-electron chi connectivity index (χ2n) is 6.84. The van der Waals surface area contributed by atoms with Crippen molar-refractivity contribution in [2.75, 3.05) is 26.0 Å². The molecular formula is C20H27N3O3S. The zero-order valence-corrected chi connectivity index (χ0v) is 17.0. The zero-order valence-electron chi connectivity index (χ0n) is 16.2. The summed E-state index contributed by atoms with van der Waals surface area (Å²) in [5.41, 5.74) is 1.72. The molecular weight excluding hydrogens is 362 g/mol. The monoisotopic (exact) mass is 389 g/mol. The lowest BCUT2D eigenvalue weighted by Crippen LogP contribution is -2.37. The highest BCUT2D eigenvalue weighted by atomic mass is 32.2. The first-order valence-corrected chi connectivity index (χ1v) is 10.2. The Labute approximate surface area is 161 Å². The van der Waals surface area contributed by atoms with Crippen molar-refractivity contribution < 1.29 is 13.2 Å². The zero-order chi connectivity index (χ0) is 20.0. The van der Waals surface area contributed by atoms with Crippen molar-refractivity contribution in [2.24, 2.45) is 0 Å². The molecule has 0 fully saturated rings. The van der Waals surface area contributed by atoms with E-state index in [4.69, 9.17) is 0 Å². The molecule has 0 bridgehead atoms. The number of nitrogens with zero attached hydrogens (tertiary/aromatic N) is 2. The van der Waals surface area contributed by atoms with Crippen LogP contribution < -0.4 is 5.32 Å². The van der Waals surface area contributed by atoms with Gasteiger partial charge in [0.25, 0.3) is 0 Å². The van der Waals surface area contributed by atoms with E-state index >= 15 is 0 Å². The molecule has 6 nitrogen and oxygen atoms in total. The van der Waals surface area contributed by atoms with Crippen LogP contribution in [0.1, 0.15) is 19.4 Å². The molecule has 0 aliphatic heterocycles. The smallest absolute Gasteiger partial charge is 0.242 e. The molecule has 1 N–H and O–H groups in total. The van der Waals surface area contributed by atoms with Crippen LogP contribution >= 0.6 is 0 Å². The van der Waals surface area contributed by atoms with Crippen molar-refractivity contribution in [3.8, 4) is 0 Å². The molecule has 2 aromatic carbocycles. The van der Waals surface area contributed by atoms with E-state index in [9.17, 15) is 13.2 Å². The molecule has 0 spiro atoms. The summed E-state index contributed by atoms with van der Waals surface area (Å²) in [5.74, 6) is -0.136. The maximum absolute atomic E-state index is 12.4. The van der Waals surface area contributed by atoms with Crippen molar-refractivity contribution in [2.45, 2.75) is 31.3 Å². The number of carbonyl (C=O) groups is 1. The molecule has 0 saturated carbocycles. The van der Waals surface area contributed by atoms with Gasteiger partial charge in [0.15, 0.2) is 0 Å². The quantitative estimate of drug-likeness (QED) is 0.754. The molecule has 0 aliphatic rings. The van der Waals surface area contributed by atoms with Gasteiger partial charge in [0.1, 0.15) is 0 Å². The van der Waals surface area contributed by atoms with E-state index in [-0.39, 0.29) is 23.4 Å². The summed E-state index contributed by atoms with van der Waals surface area (Å²) in [6, 6.07) is 16.4. The van der Waals surface area contributed by atoms with Gasteiger partial charge < -0.3 is 5.32 Å². The molecule has 27 heavy (non-hydrogen) atoms. The van der Waals surface area contributed by atoms with Gasteiger partial charge in [-0.1, -0.05) is 30.3 Å². The number of sulfonamides is 1. The standard InChI is InChI=1S/C20H27N3O3S/c1-16(2)23(14-17-8-6-5-7-9-17)15-20(24)21-18-10-12-19(13-11-18)27(25,26)22(3)4/h5-13,16H,14-15H2,1-4H3,(H,21,24). The van der Waals surface area contributed by atoms with E-state index in [2.05, 4.69) is 24.1 Å². The van der Waals surface area contributed by atoms with Crippen LogP contribution in [0.25, 0.3) is 0 Å². The van der Waals surface area contributed by atoms with Crippen LogP contribution in [0.3, 0.4) is 0 Å². The molecule has 2 aromatic rings. The van der Waals surface area contributed by atoms with Gasteiger partial charge in [-0.25, -0.2) is 12.7 Å². The first-order chi connectivity index (χ1) is 12.7. The van der Waals surface area contributed by atoms with Crippen LogP contribution in [0.2, 0.25) is 0 Å². The second-order valence-corrected chi connectivity index (χ2v) is 9.00. The maximum atomic E-state index is 12.4. The molecule has 2 rings (SSSR count). The maximum Gasteiger partial charge on any atom is 0.242 e. The molecule has 0 aliphatic carbocycles. The van der Waals surface area contributed by atoms with Gasteiger partial charge in [-0.05, 0) is 43.7 Å². The third kappa shape index (κ3) is 5.89. The van der Waals surface area contributed by atoms with E-state index in [1.807, 2.05) is 30.3 Å². The van der Waals surface area contributed by atoms with Gasteiger partial charge in [0.05, 0.1) is 11.4 Å². The fourth-order valence-corrected chi connectivity index (χ4v) is 3.45. The molecule has 0 unspecified atom stereocenters. The topological polar surface area (TPSA) is 69.7 Å². The third-order valence-corrected chi connectivity index (χ3v) is 6.05. The fourth-order valence-electron chi connectivity index (χ4n) is 2.55. The molecule has 1 amide bonds. The summed E-state index contributed by atoms with van der Waals surface area (Å²) in [6.07, 6.45) is 0. The Balaban J connectivity index is 2.01. The Morgan fingerprint density at radius 2 is 1.59 bits per heavy atom. The average Bonchev–Trinajstić information content (AvgIpc) is 2.62. The van der Waals surface area contributed by atoms with Gasteiger partial charge in [-0.2, -0.15) is 0 Å². The number of amides is 1. The minimum absolute atomic E-state index is 0.136. The average molecular weight is 390 g/mol. The molecule has 0 saturated heterocycles. The molecule has 146 valence electrons. The normalized spacial score (nSPS) is 12.0. The first kappa shape index (κ1) is 21.1. The van der Waals surface area contributed by atoms with Crippen LogP contribution in [0, 0.1) is 0 Å². The Hall–Kier alpha value is -2.22. The van der Waals surface area contributed by atoms with Crippen molar-refractivity contribution in [3.05, 3.63) is 60.2 Å². The fraction of sp³-hybridized carbons (Fsp3) is 0.350. The number of carbonyl (C=O) groups excluding carboxylic acids is 1. The van der Waals surface area contributed by atoms with Gasteiger partial charge in [0.2, 0.25) is 15.9 Å². The molecule has 0 radical (unpaired) electrons. The lowest BCUT2D eigenvalue weighted by atomic mass is 10.2. The number of hydrogen-bond donors (Lipinski definition) is 1. The number of nitrogens with one attached hydrogen (secondary N) is 1. The van der Waals surface area contributed by atoms with E-state index < -0.39 is 10.0 Å². The number of hydrogen-bond acceptors (Lipinski definition) is 4. The SMILES string of the molecule is CC(C)N(CC(=O)Nc1ccc(S(=O)(=O)N(C)C)cc1)Cc1ccccc1. The predicted molar refractivity (Wildman–Crippen MR) is 108 cm³/mol. The largest absolute Gasteiger partial charge is 0.325 e. The van der Waals surface area contributed by atoms with Crippen molar-refractivity contribution in [3.63, 3.8) is 0 Å². The minimum atomic E-state index is -3.47. The lowest BCUT2D eigenvalue weighted by Gasteiger charge is -2.26. The van der Waals surface area contributed by atoms with Crippen LogP contribution in [-0.2, 0) is 21.4 Å². The van der Waals surface area contributed by atoms with Crippen molar-refractivity contribution >= 4 is 21.6 Å². The van der Waals surface area contributed by atoms with Gasteiger partial charge >= 0.3 is 0 Å². The van der Waals surface area contributed by atoms with Gasteiger partial charge in [0, 0.05) is 32.4 Å². The van der Waals surface area contributed by atoms with Crippen molar-refractivity contribution in [1.29, 1.82) is 0 Å². The Bertz CT molecular complexity index is 848. The summed E-state index contributed by atoms with van der Waals surface area (Å²) in [4.78, 5) is 14.7.